The molecule has 0 radical (unpaired) electrons. The van der Waals surface area contributed by atoms with Crippen molar-refractivity contribution in [3.63, 3.8) is 0 Å². The van der Waals surface area contributed by atoms with E-state index in [1.165, 1.54) is 0 Å². The minimum absolute atomic E-state index is 0.348. The summed E-state index contributed by atoms with van der Waals surface area (Å²) in [6.45, 7) is 0. The first kappa shape index (κ1) is 12.8. The Kier molecular flexibility index (Phi) is 5.77. The van der Waals surface area contributed by atoms with E-state index in [2.05, 4.69) is 10.0 Å². The van der Waals surface area contributed by atoms with Gasteiger partial charge in [-0.25, -0.2) is 0 Å². The number of aliphatic hydroxyl groups is 4. The zero-order valence-electron chi connectivity index (χ0n) is 7.13. The van der Waals surface area contributed by atoms with Gasteiger partial charge in [0.05, 0.1) is 6.10 Å². The van der Waals surface area contributed by atoms with Gasteiger partial charge < -0.3 is 25.2 Å². The predicted octanol–water partition coefficient (Wildman–Crippen LogP) is -1.71. The Morgan fingerprint density at radius 1 is 1.29 bits per heavy atom. The standard InChI is InChI=1S/C6H11N3O5/c7-9-8-6(14)5(13)4(12)3(11)1-2-10/h2-6,11-14H,1H2/t3-,4-,5+,6?/m1/s1. The van der Waals surface area contributed by atoms with Crippen molar-refractivity contribution in [3.8, 4) is 0 Å². The third kappa shape index (κ3) is 3.69. The molecule has 0 saturated carbocycles. The minimum atomic E-state index is -1.86. The predicted molar refractivity (Wildman–Crippen MR) is 43.9 cm³/mol. The van der Waals surface area contributed by atoms with E-state index in [1.807, 2.05) is 0 Å². The Balaban J connectivity index is 4.28. The highest BCUT2D eigenvalue weighted by Gasteiger charge is 2.29. The monoisotopic (exact) mass is 205 g/mol. The van der Waals surface area contributed by atoms with E-state index >= 15 is 0 Å². The number of rotatable bonds is 6. The second-order valence-corrected chi connectivity index (χ2v) is 2.57. The van der Waals surface area contributed by atoms with E-state index in [4.69, 9.17) is 26.0 Å². The SMILES string of the molecule is [N-]=[N+]=NC(O)[C@@H](O)[C@H](O)[C@H](O)CC=O. The van der Waals surface area contributed by atoms with Gasteiger partial charge in [-0.2, -0.15) is 0 Å². The topological polar surface area (TPSA) is 147 Å². The van der Waals surface area contributed by atoms with E-state index in [-0.39, 0.29) is 6.42 Å². The molecule has 0 spiro atoms. The molecule has 14 heavy (non-hydrogen) atoms. The molecule has 8 nitrogen and oxygen atoms in total. The maximum Gasteiger partial charge on any atom is 0.161 e. The van der Waals surface area contributed by atoms with Crippen LogP contribution in [0.5, 0.6) is 0 Å². The summed E-state index contributed by atoms with van der Waals surface area (Å²) >= 11 is 0. The molecule has 0 aromatic heterocycles. The van der Waals surface area contributed by atoms with Gasteiger partial charge in [-0.05, 0) is 5.53 Å². The first-order valence-electron chi connectivity index (χ1n) is 3.74. The fraction of sp³-hybridized carbons (Fsp3) is 0.833. The lowest BCUT2D eigenvalue weighted by Gasteiger charge is -2.22. The smallest absolute Gasteiger partial charge is 0.161 e. The zero-order valence-corrected chi connectivity index (χ0v) is 7.13. The fourth-order valence-corrected chi connectivity index (χ4v) is 0.763. The third-order valence-corrected chi connectivity index (χ3v) is 1.56. The van der Waals surface area contributed by atoms with Crippen LogP contribution in [0, 0.1) is 0 Å². The number of aliphatic hydroxyl groups excluding tert-OH is 4. The Labute approximate surface area is 79.0 Å². The first-order chi connectivity index (χ1) is 6.54. The minimum Gasteiger partial charge on any atom is -0.390 e. The molecule has 0 bridgehead atoms. The number of hydrogen-bond donors (Lipinski definition) is 4. The molecule has 0 aliphatic rings. The van der Waals surface area contributed by atoms with Crippen molar-refractivity contribution in [3.05, 3.63) is 10.4 Å². The maximum absolute atomic E-state index is 9.94. The molecule has 8 heteroatoms. The summed E-state index contributed by atoms with van der Waals surface area (Å²) in [6.07, 6.45) is -6.99. The summed E-state index contributed by atoms with van der Waals surface area (Å²) in [5.74, 6) is 0. The summed E-state index contributed by atoms with van der Waals surface area (Å²) in [5.41, 5.74) is 7.90. The van der Waals surface area contributed by atoms with Crippen molar-refractivity contribution >= 4 is 6.29 Å². The van der Waals surface area contributed by atoms with Gasteiger partial charge >= 0.3 is 0 Å². The highest BCUT2D eigenvalue weighted by molar-refractivity contribution is 5.50. The van der Waals surface area contributed by atoms with Crippen molar-refractivity contribution in [1.29, 1.82) is 0 Å². The molecule has 0 amide bonds. The van der Waals surface area contributed by atoms with Gasteiger partial charge in [0.25, 0.3) is 0 Å². The molecule has 0 aromatic carbocycles. The summed E-state index contributed by atoms with van der Waals surface area (Å²) in [4.78, 5) is 12.1. The van der Waals surface area contributed by atoms with Crippen LogP contribution in [0.15, 0.2) is 5.11 Å². The molecule has 0 aliphatic carbocycles. The summed E-state index contributed by atoms with van der Waals surface area (Å²) < 4.78 is 0. The molecule has 0 fully saturated rings. The van der Waals surface area contributed by atoms with E-state index in [0.717, 1.165) is 0 Å². The van der Waals surface area contributed by atoms with Crippen molar-refractivity contribution in [2.75, 3.05) is 0 Å². The normalized spacial score (nSPS) is 18.9. The van der Waals surface area contributed by atoms with Gasteiger partial charge in [-0.3, -0.25) is 0 Å². The second kappa shape index (κ2) is 6.30. The van der Waals surface area contributed by atoms with Crippen molar-refractivity contribution in [2.45, 2.75) is 31.0 Å². The summed E-state index contributed by atoms with van der Waals surface area (Å²) in [5, 5.41) is 38.8. The summed E-state index contributed by atoms with van der Waals surface area (Å²) in [7, 11) is 0. The van der Waals surface area contributed by atoms with Crippen LogP contribution in [0.2, 0.25) is 0 Å². The van der Waals surface area contributed by atoms with Crippen LogP contribution in [-0.2, 0) is 4.79 Å². The van der Waals surface area contributed by atoms with Crippen molar-refractivity contribution in [2.24, 2.45) is 5.11 Å². The molecule has 0 rings (SSSR count). The molecule has 80 valence electrons. The van der Waals surface area contributed by atoms with Crippen LogP contribution in [0.1, 0.15) is 6.42 Å². The lowest BCUT2D eigenvalue weighted by molar-refractivity contribution is -0.120. The average Bonchev–Trinajstić information content (AvgIpc) is 2.16. The van der Waals surface area contributed by atoms with Gasteiger partial charge in [0.15, 0.2) is 6.23 Å². The zero-order chi connectivity index (χ0) is 11.1. The molecule has 0 heterocycles. The quantitative estimate of drug-likeness (QED) is 0.176. The van der Waals surface area contributed by atoms with E-state index in [1.54, 1.807) is 0 Å². The van der Waals surface area contributed by atoms with Crippen LogP contribution in [0.3, 0.4) is 0 Å². The van der Waals surface area contributed by atoms with E-state index < -0.39 is 24.5 Å². The van der Waals surface area contributed by atoms with Gasteiger partial charge in [-0.15, -0.1) is 0 Å². The van der Waals surface area contributed by atoms with Gasteiger partial charge in [0.2, 0.25) is 0 Å². The first-order valence-corrected chi connectivity index (χ1v) is 3.74. The fourth-order valence-electron chi connectivity index (χ4n) is 0.763. The highest BCUT2D eigenvalue weighted by Crippen LogP contribution is 2.07. The van der Waals surface area contributed by atoms with Crippen LogP contribution < -0.4 is 0 Å². The average molecular weight is 205 g/mol. The van der Waals surface area contributed by atoms with Gasteiger partial charge in [0.1, 0.15) is 18.5 Å². The van der Waals surface area contributed by atoms with Crippen LogP contribution in [-0.4, -0.2) is 51.3 Å². The molecule has 4 atom stereocenters. The molecular formula is C6H11N3O5. The number of nitrogens with zero attached hydrogens (tertiary/aromatic N) is 3. The van der Waals surface area contributed by atoms with Crippen LogP contribution in [0.25, 0.3) is 10.4 Å². The highest BCUT2D eigenvalue weighted by atomic mass is 16.4. The third-order valence-electron chi connectivity index (χ3n) is 1.56. The molecule has 0 aliphatic heterocycles. The lowest BCUT2D eigenvalue weighted by Crippen LogP contribution is -2.43. The molecular weight excluding hydrogens is 194 g/mol. The largest absolute Gasteiger partial charge is 0.390 e. The van der Waals surface area contributed by atoms with Crippen molar-refractivity contribution < 1.29 is 25.2 Å². The van der Waals surface area contributed by atoms with E-state index in [9.17, 15) is 4.79 Å². The van der Waals surface area contributed by atoms with Gasteiger partial charge in [0, 0.05) is 11.3 Å². The van der Waals surface area contributed by atoms with Gasteiger partial charge in [-0.1, -0.05) is 5.11 Å². The Hall–Kier alpha value is -1.18. The second-order valence-electron chi connectivity index (χ2n) is 2.57. The lowest BCUT2D eigenvalue weighted by atomic mass is 10.1. The number of hydrogen-bond acceptors (Lipinski definition) is 6. The number of carbonyl (C=O) groups is 1. The molecule has 1 unspecified atom stereocenters. The Morgan fingerprint density at radius 2 is 1.86 bits per heavy atom. The molecule has 0 aromatic rings. The summed E-state index contributed by atoms with van der Waals surface area (Å²) in [6, 6.07) is 0. The molecule has 4 N–H and O–H groups in total. The van der Waals surface area contributed by atoms with Crippen LogP contribution in [0.4, 0.5) is 0 Å². The number of aldehydes is 1. The molecule has 0 saturated heterocycles. The Morgan fingerprint density at radius 3 is 2.29 bits per heavy atom. The number of carbonyl (C=O) groups excluding carboxylic acids is 1. The Bertz CT molecular complexity index is 230. The van der Waals surface area contributed by atoms with Crippen LogP contribution >= 0.6 is 0 Å². The maximum atomic E-state index is 9.94. The van der Waals surface area contributed by atoms with Crippen molar-refractivity contribution in [1.82, 2.24) is 0 Å². The van der Waals surface area contributed by atoms with E-state index in [0.29, 0.717) is 6.29 Å². The number of azide groups is 1.